The second-order valence-corrected chi connectivity index (χ2v) is 2.91. The number of nitriles is 1. The quantitative estimate of drug-likeness (QED) is 0.569. The summed E-state index contributed by atoms with van der Waals surface area (Å²) in [7, 11) is 0. The largest absolute Gasteiger partial charge is 0.454 e. The molecule has 0 saturated carbocycles. The van der Waals surface area contributed by atoms with Gasteiger partial charge in [0, 0.05) is 0 Å². The molecule has 0 unspecified atom stereocenters. The Morgan fingerprint density at radius 2 is 2.25 bits per heavy atom. The first-order valence-corrected chi connectivity index (χ1v) is 4.53. The Morgan fingerprint density at radius 3 is 2.81 bits per heavy atom. The Balaban J connectivity index is 2.95. The van der Waals surface area contributed by atoms with Gasteiger partial charge in [-0.05, 0) is 24.3 Å². The van der Waals surface area contributed by atoms with Crippen molar-refractivity contribution in [2.24, 2.45) is 0 Å². The van der Waals surface area contributed by atoms with Crippen LogP contribution in [0.3, 0.4) is 0 Å². The summed E-state index contributed by atoms with van der Waals surface area (Å²) in [6.07, 6.45) is 2.76. The third kappa shape index (κ3) is 3.10. The predicted octanol–water partition coefficient (Wildman–Crippen LogP) is 3.49. The number of benzene rings is 1. The van der Waals surface area contributed by atoms with Gasteiger partial charge < -0.3 is 4.74 Å². The minimum Gasteiger partial charge on any atom is -0.454 e. The molecule has 0 N–H and O–H groups in total. The van der Waals surface area contributed by atoms with E-state index in [1.54, 1.807) is 18.2 Å². The van der Waals surface area contributed by atoms with E-state index in [4.69, 9.17) is 10.00 Å². The normalized spacial score (nSPS) is 10.4. The fraction of sp³-hybridized carbons (Fsp3) is 0. The summed E-state index contributed by atoms with van der Waals surface area (Å²) in [5, 5.41) is 8.68. The lowest BCUT2D eigenvalue weighted by molar-refractivity contribution is 0.404. The summed E-state index contributed by atoms with van der Waals surface area (Å²) in [4.78, 5) is 0. The zero-order valence-electron chi connectivity index (χ0n) is 8.61. The molecule has 3 heteroatoms. The van der Waals surface area contributed by atoms with E-state index in [-0.39, 0.29) is 5.76 Å². The van der Waals surface area contributed by atoms with Gasteiger partial charge in [0.05, 0.1) is 11.6 Å². The minimum absolute atomic E-state index is 0.0231. The van der Waals surface area contributed by atoms with Gasteiger partial charge >= 0.3 is 0 Å². The number of ether oxygens (including phenoxy) is 1. The van der Waals surface area contributed by atoms with E-state index < -0.39 is 5.83 Å². The first-order valence-electron chi connectivity index (χ1n) is 4.53. The first kappa shape index (κ1) is 11.7. The molecule has 80 valence electrons. The highest BCUT2D eigenvalue weighted by atomic mass is 19.1. The number of hydrogen-bond donors (Lipinski definition) is 0. The lowest BCUT2D eigenvalue weighted by Crippen LogP contribution is -1.95. The SMILES string of the molecule is C=C/C=C(/Oc1cccc(C#N)c1)C(=C)F. The van der Waals surface area contributed by atoms with Crippen LogP contribution >= 0.6 is 0 Å². The number of hydrogen-bond acceptors (Lipinski definition) is 2. The Morgan fingerprint density at radius 1 is 1.50 bits per heavy atom. The van der Waals surface area contributed by atoms with Crippen molar-refractivity contribution < 1.29 is 9.13 Å². The van der Waals surface area contributed by atoms with E-state index in [0.717, 1.165) is 0 Å². The maximum atomic E-state index is 12.9. The molecule has 1 aromatic carbocycles. The molecule has 1 aromatic rings. The van der Waals surface area contributed by atoms with Gasteiger partial charge in [-0.2, -0.15) is 5.26 Å². The van der Waals surface area contributed by atoms with Crippen LogP contribution in [0.5, 0.6) is 5.75 Å². The average Bonchev–Trinajstić information content (AvgIpc) is 2.28. The number of nitrogens with zero attached hydrogens (tertiary/aromatic N) is 1. The Kier molecular flexibility index (Phi) is 4.05. The number of rotatable bonds is 4. The molecule has 0 amide bonds. The van der Waals surface area contributed by atoms with Crippen molar-refractivity contribution in [1.82, 2.24) is 0 Å². The average molecular weight is 215 g/mol. The molecule has 2 nitrogen and oxygen atoms in total. The second-order valence-electron chi connectivity index (χ2n) is 2.91. The third-order valence-corrected chi connectivity index (χ3v) is 1.73. The van der Waals surface area contributed by atoms with Gasteiger partial charge in [0.15, 0.2) is 11.6 Å². The summed E-state index contributed by atoms with van der Waals surface area (Å²) >= 11 is 0. The van der Waals surface area contributed by atoms with Crippen LogP contribution in [0.15, 0.2) is 61.2 Å². The lowest BCUT2D eigenvalue weighted by atomic mass is 10.2. The van der Waals surface area contributed by atoms with Gasteiger partial charge in [0.2, 0.25) is 0 Å². The summed E-state index contributed by atoms with van der Waals surface area (Å²) < 4.78 is 18.1. The van der Waals surface area contributed by atoms with Crippen molar-refractivity contribution in [1.29, 1.82) is 5.26 Å². The summed E-state index contributed by atoms with van der Waals surface area (Å²) in [5.41, 5.74) is 0.444. The van der Waals surface area contributed by atoms with Gasteiger partial charge in [-0.25, -0.2) is 4.39 Å². The van der Waals surface area contributed by atoms with Crippen molar-refractivity contribution in [3.8, 4) is 11.8 Å². The van der Waals surface area contributed by atoms with Gasteiger partial charge in [-0.3, -0.25) is 0 Å². The molecule has 0 radical (unpaired) electrons. The van der Waals surface area contributed by atoms with Crippen molar-refractivity contribution in [3.05, 3.63) is 66.7 Å². The Bertz CT molecular complexity index is 483. The van der Waals surface area contributed by atoms with Crippen LogP contribution in [0, 0.1) is 11.3 Å². The van der Waals surface area contributed by atoms with Gasteiger partial charge in [-0.15, -0.1) is 0 Å². The summed E-state index contributed by atoms with van der Waals surface area (Å²) in [5.74, 6) is -0.335. The standard InChI is InChI=1S/C13H10FNO/c1-3-5-13(10(2)14)16-12-7-4-6-11(8-12)9-15/h3-8H,1-2H2/b13-5+. The third-order valence-electron chi connectivity index (χ3n) is 1.73. The minimum atomic E-state index is -0.692. The van der Waals surface area contributed by atoms with Crippen LogP contribution in [0.2, 0.25) is 0 Å². The van der Waals surface area contributed by atoms with E-state index in [1.807, 2.05) is 6.07 Å². The first-order chi connectivity index (χ1) is 7.67. The molecular weight excluding hydrogens is 205 g/mol. The molecular formula is C13H10FNO. The zero-order chi connectivity index (χ0) is 12.0. The maximum absolute atomic E-state index is 12.9. The van der Waals surface area contributed by atoms with E-state index >= 15 is 0 Å². The molecule has 0 aliphatic carbocycles. The maximum Gasteiger partial charge on any atom is 0.162 e. The second kappa shape index (κ2) is 5.52. The molecule has 0 aliphatic rings. The van der Waals surface area contributed by atoms with Gasteiger partial charge in [0.1, 0.15) is 5.75 Å². The molecule has 0 aromatic heterocycles. The van der Waals surface area contributed by atoms with Crippen molar-refractivity contribution in [3.63, 3.8) is 0 Å². The highest BCUT2D eigenvalue weighted by Crippen LogP contribution is 2.19. The molecule has 0 heterocycles. The predicted molar refractivity (Wildman–Crippen MR) is 60.3 cm³/mol. The van der Waals surface area contributed by atoms with Crippen LogP contribution in [0.1, 0.15) is 5.56 Å². The fourth-order valence-electron chi connectivity index (χ4n) is 1.04. The topological polar surface area (TPSA) is 33.0 Å². The molecule has 16 heavy (non-hydrogen) atoms. The van der Waals surface area contributed by atoms with Crippen molar-refractivity contribution in [2.45, 2.75) is 0 Å². The van der Waals surface area contributed by atoms with Crippen molar-refractivity contribution in [2.75, 3.05) is 0 Å². The molecule has 0 aliphatic heterocycles. The smallest absolute Gasteiger partial charge is 0.162 e. The zero-order valence-corrected chi connectivity index (χ0v) is 8.61. The van der Waals surface area contributed by atoms with Crippen LogP contribution in [0.4, 0.5) is 4.39 Å². The molecule has 0 spiro atoms. The van der Waals surface area contributed by atoms with Crippen molar-refractivity contribution >= 4 is 0 Å². The van der Waals surface area contributed by atoms with Gasteiger partial charge in [0.25, 0.3) is 0 Å². The molecule has 0 bridgehead atoms. The molecule has 0 saturated heterocycles. The molecule has 0 fully saturated rings. The Labute approximate surface area is 93.6 Å². The van der Waals surface area contributed by atoms with Gasteiger partial charge in [-0.1, -0.05) is 25.3 Å². The van der Waals surface area contributed by atoms with E-state index in [0.29, 0.717) is 11.3 Å². The monoisotopic (exact) mass is 215 g/mol. The van der Waals surface area contributed by atoms with E-state index in [9.17, 15) is 4.39 Å². The van der Waals surface area contributed by atoms with E-state index in [1.165, 1.54) is 18.2 Å². The Hall–Kier alpha value is -2.34. The molecule has 0 atom stereocenters. The lowest BCUT2D eigenvalue weighted by Gasteiger charge is -2.07. The van der Waals surface area contributed by atoms with Crippen LogP contribution in [-0.2, 0) is 0 Å². The fourth-order valence-corrected chi connectivity index (χ4v) is 1.04. The van der Waals surface area contributed by atoms with Crippen LogP contribution in [-0.4, -0.2) is 0 Å². The number of allylic oxidation sites excluding steroid dienone is 3. The highest BCUT2D eigenvalue weighted by Gasteiger charge is 2.04. The molecule has 1 rings (SSSR count). The van der Waals surface area contributed by atoms with Crippen LogP contribution < -0.4 is 4.74 Å². The van der Waals surface area contributed by atoms with E-state index in [2.05, 4.69) is 13.2 Å². The summed E-state index contributed by atoms with van der Waals surface area (Å²) in [6.45, 7) is 6.58. The van der Waals surface area contributed by atoms with Crippen LogP contribution in [0.25, 0.3) is 0 Å². The summed E-state index contributed by atoms with van der Waals surface area (Å²) in [6, 6.07) is 8.39. The number of halogens is 1. The highest BCUT2D eigenvalue weighted by molar-refractivity contribution is 5.38.